The van der Waals surface area contributed by atoms with Gasteiger partial charge in [-0.15, -0.1) is 0 Å². The van der Waals surface area contributed by atoms with Crippen LogP contribution in [0.2, 0.25) is 0 Å². The topological polar surface area (TPSA) is 20.2 Å². The van der Waals surface area contributed by atoms with Gasteiger partial charge in [-0.05, 0) is 12.1 Å². The number of hydrogen-bond acceptors (Lipinski definition) is 2. The van der Waals surface area contributed by atoms with Crippen LogP contribution < -0.4 is 5.32 Å². The van der Waals surface area contributed by atoms with Crippen molar-refractivity contribution < 1.29 is 0 Å². The Kier molecular flexibility index (Phi) is 3.00. The van der Waals surface area contributed by atoms with Gasteiger partial charge in [-0.25, -0.2) is 0 Å². The normalized spacial score (nSPS) is 19.1. The molecule has 0 saturated carbocycles. The van der Waals surface area contributed by atoms with Gasteiger partial charge in [0.1, 0.15) is 0 Å². The Morgan fingerprint density at radius 1 is 1.00 bits per heavy atom. The summed E-state index contributed by atoms with van der Waals surface area (Å²) in [6.07, 6.45) is 4.25. The lowest BCUT2D eigenvalue weighted by molar-refractivity contribution is 0.232. The number of aromatic nitrogens is 1. The first-order chi connectivity index (χ1) is 6.45. The average Bonchev–Trinajstić information content (AvgIpc) is 2.69. The lowest BCUT2D eigenvalue weighted by atomic mass is 10.3. The molecule has 1 fully saturated rings. The van der Waals surface area contributed by atoms with Gasteiger partial charge >= 0.3 is 0 Å². The summed E-state index contributed by atoms with van der Waals surface area (Å²) >= 11 is 0. The van der Waals surface area contributed by atoms with E-state index in [1.54, 1.807) is 0 Å². The predicted octanol–water partition coefficient (Wildman–Crippen LogP) is 0.393. The Hall–Kier alpha value is -0.800. The second kappa shape index (κ2) is 4.44. The van der Waals surface area contributed by atoms with E-state index in [0.717, 1.165) is 19.6 Å². The van der Waals surface area contributed by atoms with Crippen LogP contribution in [0.3, 0.4) is 0 Å². The molecule has 2 rings (SSSR count). The SMILES string of the molecule is c1ccn(CCN2CCNCC2)c1. The smallest absolute Gasteiger partial charge is 0.0347 e. The highest BCUT2D eigenvalue weighted by Crippen LogP contribution is 1.95. The van der Waals surface area contributed by atoms with Crippen molar-refractivity contribution in [1.82, 2.24) is 14.8 Å². The fraction of sp³-hybridized carbons (Fsp3) is 0.600. The third-order valence-corrected chi connectivity index (χ3v) is 2.55. The summed E-state index contributed by atoms with van der Waals surface area (Å²) in [6, 6.07) is 4.16. The molecule has 3 nitrogen and oxygen atoms in total. The van der Waals surface area contributed by atoms with E-state index in [0.29, 0.717) is 0 Å². The lowest BCUT2D eigenvalue weighted by Crippen LogP contribution is -2.44. The fourth-order valence-electron chi connectivity index (χ4n) is 1.71. The molecule has 1 aromatic heterocycles. The van der Waals surface area contributed by atoms with E-state index in [9.17, 15) is 0 Å². The molecule has 0 aliphatic carbocycles. The Morgan fingerprint density at radius 3 is 2.38 bits per heavy atom. The Bertz CT molecular complexity index is 224. The van der Waals surface area contributed by atoms with Crippen molar-refractivity contribution in [1.29, 1.82) is 0 Å². The molecule has 0 radical (unpaired) electrons. The molecule has 0 bridgehead atoms. The molecular formula is C10H17N3. The molecule has 1 aliphatic heterocycles. The van der Waals surface area contributed by atoms with Crippen LogP contribution in [0.1, 0.15) is 0 Å². The quantitative estimate of drug-likeness (QED) is 0.724. The zero-order valence-corrected chi connectivity index (χ0v) is 7.95. The van der Waals surface area contributed by atoms with Crippen molar-refractivity contribution in [2.45, 2.75) is 6.54 Å². The van der Waals surface area contributed by atoms with Crippen LogP contribution in [0.4, 0.5) is 0 Å². The minimum atomic E-state index is 1.12. The summed E-state index contributed by atoms with van der Waals surface area (Å²) in [5.74, 6) is 0. The molecule has 72 valence electrons. The summed E-state index contributed by atoms with van der Waals surface area (Å²) in [5.41, 5.74) is 0. The molecule has 0 unspecified atom stereocenters. The molecule has 0 spiro atoms. The fourth-order valence-corrected chi connectivity index (χ4v) is 1.71. The first-order valence-electron chi connectivity index (χ1n) is 4.99. The minimum absolute atomic E-state index is 1.12. The van der Waals surface area contributed by atoms with Crippen LogP contribution in [0, 0.1) is 0 Å². The van der Waals surface area contributed by atoms with Crippen molar-refractivity contribution in [3.05, 3.63) is 24.5 Å². The molecule has 13 heavy (non-hydrogen) atoms. The maximum Gasteiger partial charge on any atom is 0.0347 e. The summed E-state index contributed by atoms with van der Waals surface area (Å²) in [6.45, 7) is 6.98. The van der Waals surface area contributed by atoms with Crippen molar-refractivity contribution in [3.8, 4) is 0 Å². The van der Waals surface area contributed by atoms with Crippen molar-refractivity contribution >= 4 is 0 Å². The molecule has 0 amide bonds. The third-order valence-electron chi connectivity index (χ3n) is 2.55. The Balaban J connectivity index is 1.72. The average molecular weight is 179 g/mol. The van der Waals surface area contributed by atoms with Crippen LogP contribution >= 0.6 is 0 Å². The van der Waals surface area contributed by atoms with Crippen LogP contribution in [-0.4, -0.2) is 42.2 Å². The van der Waals surface area contributed by atoms with Crippen molar-refractivity contribution in [2.24, 2.45) is 0 Å². The summed E-state index contributed by atoms with van der Waals surface area (Å²) < 4.78 is 2.24. The molecule has 2 heterocycles. The molecular weight excluding hydrogens is 162 g/mol. The molecule has 0 atom stereocenters. The Labute approximate surface area is 79.3 Å². The van der Waals surface area contributed by atoms with Gasteiger partial charge < -0.3 is 9.88 Å². The van der Waals surface area contributed by atoms with Gasteiger partial charge in [0.15, 0.2) is 0 Å². The second-order valence-corrected chi connectivity index (χ2v) is 3.51. The van der Waals surface area contributed by atoms with E-state index in [2.05, 4.69) is 39.3 Å². The minimum Gasteiger partial charge on any atom is -0.353 e. The van der Waals surface area contributed by atoms with E-state index in [1.165, 1.54) is 19.6 Å². The summed E-state index contributed by atoms with van der Waals surface area (Å²) in [4.78, 5) is 2.51. The van der Waals surface area contributed by atoms with Gasteiger partial charge in [-0.2, -0.15) is 0 Å². The molecule has 3 heteroatoms. The number of nitrogens with one attached hydrogen (secondary N) is 1. The number of nitrogens with zero attached hydrogens (tertiary/aromatic N) is 2. The summed E-state index contributed by atoms with van der Waals surface area (Å²) in [5, 5.41) is 3.36. The molecule has 1 aliphatic rings. The van der Waals surface area contributed by atoms with Crippen LogP contribution in [0.5, 0.6) is 0 Å². The zero-order valence-electron chi connectivity index (χ0n) is 7.95. The second-order valence-electron chi connectivity index (χ2n) is 3.51. The standard InChI is InChI=1S/C10H17N3/c1-2-6-12(5-1)9-10-13-7-3-11-4-8-13/h1-2,5-6,11H,3-4,7-10H2. The van der Waals surface area contributed by atoms with Gasteiger partial charge in [-0.3, -0.25) is 4.90 Å². The van der Waals surface area contributed by atoms with E-state index >= 15 is 0 Å². The number of rotatable bonds is 3. The first-order valence-corrected chi connectivity index (χ1v) is 4.99. The molecule has 1 N–H and O–H groups in total. The molecule has 1 saturated heterocycles. The zero-order chi connectivity index (χ0) is 8.93. The van der Waals surface area contributed by atoms with Crippen molar-refractivity contribution in [3.63, 3.8) is 0 Å². The van der Waals surface area contributed by atoms with E-state index in [1.807, 2.05) is 0 Å². The van der Waals surface area contributed by atoms with Gasteiger partial charge in [-0.1, -0.05) is 0 Å². The highest BCUT2D eigenvalue weighted by molar-refractivity contribution is 4.90. The summed E-state index contributed by atoms with van der Waals surface area (Å²) in [7, 11) is 0. The van der Waals surface area contributed by atoms with Crippen molar-refractivity contribution in [2.75, 3.05) is 32.7 Å². The monoisotopic (exact) mass is 179 g/mol. The number of hydrogen-bond donors (Lipinski definition) is 1. The highest BCUT2D eigenvalue weighted by atomic mass is 15.2. The van der Waals surface area contributed by atoms with Gasteiger partial charge in [0.2, 0.25) is 0 Å². The lowest BCUT2D eigenvalue weighted by Gasteiger charge is -2.27. The molecule has 1 aromatic rings. The van der Waals surface area contributed by atoms with Crippen LogP contribution in [-0.2, 0) is 6.54 Å². The maximum absolute atomic E-state index is 3.36. The number of piperazine rings is 1. The highest BCUT2D eigenvalue weighted by Gasteiger charge is 2.07. The Morgan fingerprint density at radius 2 is 1.69 bits per heavy atom. The van der Waals surface area contributed by atoms with E-state index < -0.39 is 0 Å². The van der Waals surface area contributed by atoms with Gasteiger partial charge in [0.25, 0.3) is 0 Å². The van der Waals surface area contributed by atoms with Crippen LogP contribution in [0.15, 0.2) is 24.5 Å². The predicted molar refractivity (Wildman–Crippen MR) is 53.7 cm³/mol. The van der Waals surface area contributed by atoms with E-state index in [-0.39, 0.29) is 0 Å². The maximum atomic E-state index is 3.36. The van der Waals surface area contributed by atoms with E-state index in [4.69, 9.17) is 0 Å². The third kappa shape index (κ3) is 2.57. The van der Waals surface area contributed by atoms with Crippen LogP contribution in [0.25, 0.3) is 0 Å². The van der Waals surface area contributed by atoms with Gasteiger partial charge in [0.05, 0.1) is 0 Å². The molecule has 0 aromatic carbocycles. The first kappa shape index (κ1) is 8.78. The van der Waals surface area contributed by atoms with Gasteiger partial charge in [0, 0.05) is 51.7 Å². The largest absolute Gasteiger partial charge is 0.353 e.